The summed E-state index contributed by atoms with van der Waals surface area (Å²) >= 11 is 0. The van der Waals surface area contributed by atoms with Crippen LogP contribution in [0.5, 0.6) is 5.75 Å². The predicted octanol–water partition coefficient (Wildman–Crippen LogP) is 2.38. The second-order valence-corrected chi connectivity index (χ2v) is 3.42. The first-order valence-corrected chi connectivity index (χ1v) is 5.30. The molecule has 0 aliphatic heterocycles. The summed E-state index contributed by atoms with van der Waals surface area (Å²) in [5.74, 6) is 0.867. The molecule has 84 valence electrons. The van der Waals surface area contributed by atoms with Gasteiger partial charge in [0.2, 0.25) is 0 Å². The molecule has 0 aromatic heterocycles. The van der Waals surface area contributed by atoms with Crippen molar-refractivity contribution in [2.75, 3.05) is 25.6 Å². The Morgan fingerprint density at radius 1 is 1.27 bits per heavy atom. The molecule has 0 heterocycles. The summed E-state index contributed by atoms with van der Waals surface area (Å²) < 4.78 is 10.8. The Morgan fingerprint density at radius 2 is 2.07 bits per heavy atom. The molecule has 0 atom stereocenters. The van der Waals surface area contributed by atoms with Gasteiger partial charge in [0.05, 0.1) is 6.61 Å². The van der Waals surface area contributed by atoms with Crippen molar-refractivity contribution < 1.29 is 9.47 Å². The normalized spacial score (nSPS) is 10.3. The zero-order chi connectivity index (χ0) is 11.1. The minimum atomic E-state index is 0.671. The molecule has 1 aromatic carbocycles. The number of hydrogen-bond donors (Lipinski definition) is 1. The van der Waals surface area contributed by atoms with Gasteiger partial charge in [-0.15, -0.1) is 0 Å². The van der Waals surface area contributed by atoms with Gasteiger partial charge in [-0.25, -0.2) is 0 Å². The summed E-state index contributed by atoms with van der Waals surface area (Å²) in [5.41, 5.74) is 7.52. The summed E-state index contributed by atoms with van der Waals surface area (Å²) in [6.45, 7) is 6.18. The van der Waals surface area contributed by atoms with Crippen LogP contribution in [0.4, 0.5) is 5.69 Å². The van der Waals surface area contributed by atoms with Gasteiger partial charge in [-0.05, 0) is 25.5 Å². The molecule has 3 heteroatoms. The van der Waals surface area contributed by atoms with E-state index < -0.39 is 0 Å². The lowest BCUT2D eigenvalue weighted by Gasteiger charge is -2.09. The minimum absolute atomic E-state index is 0.671. The minimum Gasteiger partial charge on any atom is -0.493 e. The summed E-state index contributed by atoms with van der Waals surface area (Å²) in [5, 5.41) is 0. The summed E-state index contributed by atoms with van der Waals surface area (Å²) in [7, 11) is 0. The highest BCUT2D eigenvalue weighted by molar-refractivity contribution is 5.47. The van der Waals surface area contributed by atoms with Crippen molar-refractivity contribution in [1.29, 1.82) is 0 Å². The van der Waals surface area contributed by atoms with Crippen LogP contribution < -0.4 is 10.5 Å². The van der Waals surface area contributed by atoms with Gasteiger partial charge >= 0.3 is 0 Å². The Hall–Kier alpha value is -1.22. The van der Waals surface area contributed by atoms with Crippen LogP contribution in [0.1, 0.15) is 18.9 Å². The van der Waals surface area contributed by atoms with E-state index in [-0.39, 0.29) is 0 Å². The Balaban J connectivity index is 2.33. The van der Waals surface area contributed by atoms with Gasteiger partial charge in [-0.2, -0.15) is 0 Å². The van der Waals surface area contributed by atoms with E-state index in [1.54, 1.807) is 0 Å². The third-order valence-corrected chi connectivity index (χ3v) is 2.11. The molecule has 1 aromatic rings. The maximum Gasteiger partial charge on any atom is 0.124 e. The average Bonchev–Trinajstić information content (AvgIpc) is 2.23. The van der Waals surface area contributed by atoms with Gasteiger partial charge in [0.15, 0.2) is 0 Å². The predicted molar refractivity (Wildman–Crippen MR) is 62.2 cm³/mol. The van der Waals surface area contributed by atoms with Gasteiger partial charge in [0.25, 0.3) is 0 Å². The van der Waals surface area contributed by atoms with Gasteiger partial charge in [-0.3, -0.25) is 0 Å². The zero-order valence-corrected chi connectivity index (χ0v) is 9.45. The summed E-state index contributed by atoms with van der Waals surface area (Å²) in [4.78, 5) is 0. The lowest BCUT2D eigenvalue weighted by Crippen LogP contribution is -2.04. The van der Waals surface area contributed by atoms with Gasteiger partial charge < -0.3 is 15.2 Å². The molecule has 15 heavy (non-hydrogen) atoms. The maximum atomic E-state index is 5.67. The van der Waals surface area contributed by atoms with Crippen LogP contribution in [0.25, 0.3) is 0 Å². The van der Waals surface area contributed by atoms with Crippen LogP contribution in [0.15, 0.2) is 18.2 Å². The van der Waals surface area contributed by atoms with Crippen molar-refractivity contribution in [2.45, 2.75) is 20.3 Å². The highest BCUT2D eigenvalue weighted by atomic mass is 16.5. The highest BCUT2D eigenvalue weighted by Gasteiger charge is 1.99. The molecule has 2 N–H and O–H groups in total. The van der Waals surface area contributed by atoms with Crippen molar-refractivity contribution in [3.8, 4) is 5.75 Å². The molecule has 0 radical (unpaired) electrons. The SMILES string of the molecule is CCOCCCOc1cc(N)ccc1C. The first kappa shape index (κ1) is 11.9. The molecule has 0 bridgehead atoms. The topological polar surface area (TPSA) is 44.5 Å². The fourth-order valence-electron chi connectivity index (χ4n) is 1.26. The van der Waals surface area contributed by atoms with E-state index in [1.807, 2.05) is 32.0 Å². The number of nitrogens with two attached hydrogens (primary N) is 1. The van der Waals surface area contributed by atoms with E-state index in [9.17, 15) is 0 Å². The van der Waals surface area contributed by atoms with Gasteiger partial charge in [0.1, 0.15) is 5.75 Å². The summed E-state index contributed by atoms with van der Waals surface area (Å²) in [6, 6.07) is 5.70. The second-order valence-electron chi connectivity index (χ2n) is 3.42. The lowest BCUT2D eigenvalue weighted by molar-refractivity contribution is 0.130. The lowest BCUT2D eigenvalue weighted by atomic mass is 10.2. The number of ether oxygens (including phenoxy) is 2. The standard InChI is InChI=1S/C12H19NO2/c1-3-14-7-4-8-15-12-9-11(13)6-5-10(12)2/h5-6,9H,3-4,7-8,13H2,1-2H3. The third-order valence-electron chi connectivity index (χ3n) is 2.11. The quantitative estimate of drug-likeness (QED) is 0.578. The Labute approximate surface area is 91.2 Å². The molecule has 0 aliphatic carbocycles. The van der Waals surface area contributed by atoms with Crippen molar-refractivity contribution >= 4 is 5.69 Å². The van der Waals surface area contributed by atoms with E-state index in [4.69, 9.17) is 15.2 Å². The number of hydrogen-bond acceptors (Lipinski definition) is 3. The Morgan fingerprint density at radius 3 is 2.80 bits per heavy atom. The van der Waals surface area contributed by atoms with E-state index in [2.05, 4.69) is 0 Å². The van der Waals surface area contributed by atoms with Gasteiger partial charge in [0, 0.05) is 31.4 Å². The Kier molecular flexibility index (Phi) is 4.98. The van der Waals surface area contributed by atoms with Crippen LogP contribution in [0.3, 0.4) is 0 Å². The van der Waals surface area contributed by atoms with Gasteiger partial charge in [-0.1, -0.05) is 6.07 Å². The smallest absolute Gasteiger partial charge is 0.124 e. The van der Waals surface area contributed by atoms with E-state index in [1.165, 1.54) is 0 Å². The van der Waals surface area contributed by atoms with Crippen molar-refractivity contribution in [3.63, 3.8) is 0 Å². The molecule has 0 fully saturated rings. The van der Waals surface area contributed by atoms with E-state index in [0.717, 1.165) is 36.6 Å². The third kappa shape index (κ3) is 4.21. The van der Waals surface area contributed by atoms with Crippen LogP contribution >= 0.6 is 0 Å². The molecule has 0 aliphatic rings. The fraction of sp³-hybridized carbons (Fsp3) is 0.500. The van der Waals surface area contributed by atoms with Crippen LogP contribution in [-0.4, -0.2) is 19.8 Å². The number of anilines is 1. The molecule has 0 saturated heterocycles. The largest absolute Gasteiger partial charge is 0.493 e. The maximum absolute atomic E-state index is 5.67. The molecule has 0 unspecified atom stereocenters. The molecule has 0 saturated carbocycles. The molecular weight excluding hydrogens is 190 g/mol. The van der Waals surface area contributed by atoms with Crippen molar-refractivity contribution in [1.82, 2.24) is 0 Å². The van der Waals surface area contributed by atoms with Crippen molar-refractivity contribution in [3.05, 3.63) is 23.8 Å². The number of nitrogen functional groups attached to an aromatic ring is 1. The molecule has 0 amide bonds. The van der Waals surface area contributed by atoms with Crippen LogP contribution in [-0.2, 0) is 4.74 Å². The first-order chi connectivity index (χ1) is 7.24. The van der Waals surface area contributed by atoms with Crippen molar-refractivity contribution in [2.24, 2.45) is 0 Å². The van der Waals surface area contributed by atoms with Crippen LogP contribution in [0.2, 0.25) is 0 Å². The number of benzene rings is 1. The molecule has 0 spiro atoms. The van der Waals surface area contributed by atoms with Crippen LogP contribution in [0, 0.1) is 6.92 Å². The second kappa shape index (κ2) is 6.30. The summed E-state index contributed by atoms with van der Waals surface area (Å²) in [6.07, 6.45) is 0.905. The zero-order valence-electron chi connectivity index (χ0n) is 9.45. The average molecular weight is 209 g/mol. The number of aryl methyl sites for hydroxylation is 1. The highest BCUT2D eigenvalue weighted by Crippen LogP contribution is 2.20. The Bertz CT molecular complexity index is 300. The van der Waals surface area contributed by atoms with E-state index in [0.29, 0.717) is 6.61 Å². The molecule has 1 rings (SSSR count). The molecule has 3 nitrogen and oxygen atoms in total. The molecular formula is C12H19NO2. The first-order valence-electron chi connectivity index (χ1n) is 5.30. The van der Waals surface area contributed by atoms with E-state index >= 15 is 0 Å². The number of rotatable bonds is 6. The monoisotopic (exact) mass is 209 g/mol. The fourth-order valence-corrected chi connectivity index (χ4v) is 1.26.